The van der Waals surface area contributed by atoms with Crippen molar-refractivity contribution in [2.45, 2.75) is 18.9 Å². The van der Waals surface area contributed by atoms with Crippen molar-refractivity contribution >= 4 is 23.4 Å². The molecule has 0 bridgehead atoms. The number of thioether (sulfide) groups is 1. The smallest absolute Gasteiger partial charge is 0.138 e. The van der Waals surface area contributed by atoms with Crippen molar-refractivity contribution in [3.8, 4) is 5.75 Å². The van der Waals surface area contributed by atoms with Crippen molar-refractivity contribution in [1.82, 2.24) is 0 Å². The lowest BCUT2D eigenvalue weighted by molar-refractivity contribution is 0.192. The van der Waals surface area contributed by atoms with E-state index in [1.165, 1.54) is 11.5 Å². The zero-order chi connectivity index (χ0) is 9.80. The van der Waals surface area contributed by atoms with E-state index in [4.69, 9.17) is 16.3 Å². The van der Waals surface area contributed by atoms with Crippen molar-refractivity contribution in [3.63, 3.8) is 0 Å². The summed E-state index contributed by atoms with van der Waals surface area (Å²) in [4.78, 5) is 0. The summed E-state index contributed by atoms with van der Waals surface area (Å²) in [6, 6.07) is 7.68. The van der Waals surface area contributed by atoms with Crippen LogP contribution in [-0.4, -0.2) is 17.6 Å². The van der Waals surface area contributed by atoms with Gasteiger partial charge in [0.2, 0.25) is 0 Å². The Bertz CT molecular complexity index is 297. The quantitative estimate of drug-likeness (QED) is 0.765. The molecule has 0 radical (unpaired) electrons. The standard InChI is InChI=1S/C11H13ClOS/c12-10-3-1-2-4-11(10)13-9-5-7-14-8-6-9/h1-4,9H,5-8H2. The molecule has 0 N–H and O–H groups in total. The van der Waals surface area contributed by atoms with Crippen molar-refractivity contribution in [1.29, 1.82) is 0 Å². The molecule has 3 heteroatoms. The minimum absolute atomic E-state index is 0.358. The number of benzene rings is 1. The van der Waals surface area contributed by atoms with E-state index in [2.05, 4.69) is 0 Å². The third-order valence-electron chi connectivity index (χ3n) is 2.30. The Morgan fingerprint density at radius 3 is 2.64 bits per heavy atom. The molecule has 0 atom stereocenters. The van der Waals surface area contributed by atoms with Gasteiger partial charge in [-0.25, -0.2) is 0 Å². The number of halogens is 1. The van der Waals surface area contributed by atoms with Gasteiger partial charge in [0.1, 0.15) is 11.9 Å². The molecule has 1 aromatic carbocycles. The van der Waals surface area contributed by atoms with Crippen molar-refractivity contribution in [2.24, 2.45) is 0 Å². The molecule has 2 rings (SSSR count). The summed E-state index contributed by atoms with van der Waals surface area (Å²) in [5.41, 5.74) is 0. The maximum Gasteiger partial charge on any atom is 0.138 e. The Labute approximate surface area is 93.8 Å². The highest BCUT2D eigenvalue weighted by molar-refractivity contribution is 7.99. The third kappa shape index (κ3) is 2.58. The molecule has 0 amide bonds. The first kappa shape index (κ1) is 10.2. The molecule has 0 unspecified atom stereocenters. The summed E-state index contributed by atoms with van der Waals surface area (Å²) >= 11 is 8.01. The molecule has 14 heavy (non-hydrogen) atoms. The zero-order valence-corrected chi connectivity index (χ0v) is 9.48. The van der Waals surface area contributed by atoms with Gasteiger partial charge < -0.3 is 4.74 Å². The van der Waals surface area contributed by atoms with E-state index < -0.39 is 0 Å². The van der Waals surface area contributed by atoms with Gasteiger partial charge in [0, 0.05) is 0 Å². The minimum atomic E-state index is 0.358. The molecule has 1 saturated heterocycles. The topological polar surface area (TPSA) is 9.23 Å². The molecule has 1 aliphatic rings. The summed E-state index contributed by atoms with van der Waals surface area (Å²) in [6.45, 7) is 0. The number of ether oxygens (including phenoxy) is 1. The van der Waals surface area contributed by atoms with Gasteiger partial charge in [-0.2, -0.15) is 11.8 Å². The van der Waals surface area contributed by atoms with Crippen molar-refractivity contribution in [3.05, 3.63) is 29.3 Å². The Morgan fingerprint density at radius 2 is 1.93 bits per heavy atom. The van der Waals surface area contributed by atoms with Crippen LogP contribution in [0.4, 0.5) is 0 Å². The predicted molar refractivity (Wildman–Crippen MR) is 62.4 cm³/mol. The summed E-state index contributed by atoms with van der Waals surface area (Å²) < 4.78 is 5.84. The molecule has 0 saturated carbocycles. The van der Waals surface area contributed by atoms with E-state index in [0.29, 0.717) is 11.1 Å². The first-order valence-electron chi connectivity index (χ1n) is 4.85. The van der Waals surface area contributed by atoms with Crippen LogP contribution in [0.5, 0.6) is 5.75 Å². The molecular formula is C11H13ClOS. The number of para-hydroxylation sites is 1. The van der Waals surface area contributed by atoms with Crippen molar-refractivity contribution in [2.75, 3.05) is 11.5 Å². The van der Waals surface area contributed by atoms with Gasteiger partial charge in [-0.05, 0) is 36.5 Å². The van der Waals surface area contributed by atoms with E-state index in [1.807, 2.05) is 36.0 Å². The van der Waals surface area contributed by atoms with Gasteiger partial charge >= 0.3 is 0 Å². The van der Waals surface area contributed by atoms with Gasteiger partial charge in [-0.3, -0.25) is 0 Å². The Kier molecular flexibility index (Phi) is 3.60. The average Bonchev–Trinajstić information content (AvgIpc) is 2.23. The molecule has 1 aliphatic heterocycles. The molecule has 0 aromatic heterocycles. The summed E-state index contributed by atoms with van der Waals surface area (Å²) in [6.07, 6.45) is 2.63. The van der Waals surface area contributed by atoms with E-state index in [9.17, 15) is 0 Å². The van der Waals surface area contributed by atoms with Crippen molar-refractivity contribution < 1.29 is 4.74 Å². The van der Waals surface area contributed by atoms with E-state index in [-0.39, 0.29) is 0 Å². The Morgan fingerprint density at radius 1 is 1.21 bits per heavy atom. The fourth-order valence-corrected chi connectivity index (χ4v) is 2.76. The van der Waals surface area contributed by atoms with E-state index in [0.717, 1.165) is 18.6 Å². The van der Waals surface area contributed by atoms with Crippen LogP contribution in [0, 0.1) is 0 Å². The SMILES string of the molecule is Clc1ccccc1OC1CCSCC1. The second-order valence-electron chi connectivity index (χ2n) is 3.36. The summed E-state index contributed by atoms with van der Waals surface area (Å²) in [5.74, 6) is 3.23. The van der Waals surface area contributed by atoms with Crippen LogP contribution in [0.2, 0.25) is 5.02 Å². The van der Waals surface area contributed by atoms with Gasteiger partial charge in [-0.15, -0.1) is 0 Å². The maximum absolute atomic E-state index is 6.01. The molecule has 1 heterocycles. The monoisotopic (exact) mass is 228 g/mol. The van der Waals surface area contributed by atoms with Crippen LogP contribution in [0.25, 0.3) is 0 Å². The lowest BCUT2D eigenvalue weighted by Gasteiger charge is -2.23. The molecular weight excluding hydrogens is 216 g/mol. The van der Waals surface area contributed by atoms with Crippen LogP contribution in [0.15, 0.2) is 24.3 Å². The van der Waals surface area contributed by atoms with Gasteiger partial charge in [0.15, 0.2) is 0 Å². The van der Waals surface area contributed by atoms with Crippen LogP contribution >= 0.6 is 23.4 Å². The first-order valence-corrected chi connectivity index (χ1v) is 6.38. The number of rotatable bonds is 2. The predicted octanol–water partition coefficient (Wildman–Crippen LogP) is 3.61. The molecule has 1 nitrogen and oxygen atoms in total. The fourth-order valence-electron chi connectivity index (χ4n) is 1.51. The highest BCUT2D eigenvalue weighted by Crippen LogP contribution is 2.28. The molecule has 76 valence electrons. The molecule has 0 spiro atoms. The second-order valence-corrected chi connectivity index (χ2v) is 4.99. The summed E-state index contributed by atoms with van der Waals surface area (Å²) in [5, 5.41) is 0.714. The lowest BCUT2D eigenvalue weighted by Crippen LogP contribution is -2.22. The van der Waals surface area contributed by atoms with Gasteiger partial charge in [-0.1, -0.05) is 23.7 Å². The fraction of sp³-hybridized carbons (Fsp3) is 0.455. The zero-order valence-electron chi connectivity index (χ0n) is 7.91. The highest BCUT2D eigenvalue weighted by atomic mass is 35.5. The maximum atomic E-state index is 6.01. The van der Waals surface area contributed by atoms with Crippen LogP contribution in [0.3, 0.4) is 0 Å². The lowest BCUT2D eigenvalue weighted by atomic mass is 10.2. The molecule has 0 aliphatic carbocycles. The Hall–Kier alpha value is -0.340. The average molecular weight is 229 g/mol. The number of hydrogen-bond donors (Lipinski definition) is 0. The van der Waals surface area contributed by atoms with Gasteiger partial charge in [0.05, 0.1) is 5.02 Å². The molecule has 1 aromatic rings. The molecule has 1 fully saturated rings. The van der Waals surface area contributed by atoms with Crippen LogP contribution < -0.4 is 4.74 Å². The van der Waals surface area contributed by atoms with E-state index >= 15 is 0 Å². The van der Waals surface area contributed by atoms with Gasteiger partial charge in [0.25, 0.3) is 0 Å². The second kappa shape index (κ2) is 4.94. The van der Waals surface area contributed by atoms with Crippen LogP contribution in [0.1, 0.15) is 12.8 Å². The normalized spacial score (nSPS) is 18.1. The summed E-state index contributed by atoms with van der Waals surface area (Å²) in [7, 11) is 0. The largest absolute Gasteiger partial charge is 0.489 e. The Balaban J connectivity index is 1.99. The highest BCUT2D eigenvalue weighted by Gasteiger charge is 2.15. The number of hydrogen-bond acceptors (Lipinski definition) is 2. The van der Waals surface area contributed by atoms with E-state index in [1.54, 1.807) is 0 Å². The minimum Gasteiger partial charge on any atom is -0.489 e. The third-order valence-corrected chi connectivity index (χ3v) is 3.66. The first-order chi connectivity index (χ1) is 6.86. The van der Waals surface area contributed by atoms with Crippen LogP contribution in [-0.2, 0) is 0 Å².